The summed E-state index contributed by atoms with van der Waals surface area (Å²) < 4.78 is 4.96. The molecule has 0 amide bonds. The molecule has 1 rings (SSSR count). The van der Waals surface area contributed by atoms with E-state index in [4.69, 9.17) is 16.3 Å². The highest BCUT2D eigenvalue weighted by molar-refractivity contribution is 6.32. The molecule has 0 saturated heterocycles. The molecule has 0 atom stereocenters. The summed E-state index contributed by atoms with van der Waals surface area (Å²) in [7, 11) is 0. The fourth-order valence-corrected chi connectivity index (χ4v) is 1.51. The molecule has 5 nitrogen and oxygen atoms in total. The van der Waals surface area contributed by atoms with Gasteiger partial charge < -0.3 is 4.74 Å². The number of hydrogen-bond donors (Lipinski definition) is 0. The van der Waals surface area contributed by atoms with Gasteiger partial charge in [-0.1, -0.05) is 11.6 Å². The Hall–Kier alpha value is -1.62. The third-order valence-electron chi connectivity index (χ3n) is 2.12. The molecule has 0 aliphatic carbocycles. The van der Waals surface area contributed by atoms with Crippen LogP contribution in [0.15, 0.2) is 12.1 Å². The van der Waals surface area contributed by atoms with Gasteiger partial charge in [-0.2, -0.15) is 0 Å². The zero-order chi connectivity index (χ0) is 13.2. The second-order valence-corrected chi connectivity index (χ2v) is 4.18. The summed E-state index contributed by atoms with van der Waals surface area (Å²) in [4.78, 5) is 22.0. The summed E-state index contributed by atoms with van der Waals surface area (Å²) in [6, 6.07) is 2.59. The zero-order valence-electron chi connectivity index (χ0n) is 9.69. The minimum atomic E-state index is -0.730. The number of nitro groups is 1. The summed E-state index contributed by atoms with van der Waals surface area (Å²) in [5, 5.41) is 11.1. The van der Waals surface area contributed by atoms with Crippen molar-refractivity contribution in [2.45, 2.75) is 26.9 Å². The molecule has 0 aliphatic heterocycles. The number of nitro benzene ring substituents is 1. The second kappa shape index (κ2) is 5.14. The monoisotopic (exact) mass is 257 g/mol. The standard InChI is InChI=1S/C11H12ClNO4/c1-6(2)17-11(14)10-7(3)8(12)4-5-9(10)13(15)16/h4-6H,1-3H3. The van der Waals surface area contributed by atoms with E-state index in [1.165, 1.54) is 12.1 Å². The van der Waals surface area contributed by atoms with Crippen LogP contribution in [0.4, 0.5) is 5.69 Å². The van der Waals surface area contributed by atoms with Gasteiger partial charge in [-0.3, -0.25) is 10.1 Å². The SMILES string of the molecule is Cc1c(Cl)ccc([N+](=O)[O-])c1C(=O)OC(C)C. The van der Waals surface area contributed by atoms with Crippen molar-refractivity contribution < 1.29 is 14.5 Å². The Bertz CT molecular complexity index is 471. The lowest BCUT2D eigenvalue weighted by molar-refractivity contribution is -0.385. The Morgan fingerprint density at radius 2 is 2.06 bits per heavy atom. The van der Waals surface area contributed by atoms with E-state index in [1.54, 1.807) is 20.8 Å². The van der Waals surface area contributed by atoms with E-state index < -0.39 is 10.9 Å². The topological polar surface area (TPSA) is 69.4 Å². The molecule has 0 radical (unpaired) electrons. The molecule has 0 fully saturated rings. The van der Waals surface area contributed by atoms with Gasteiger partial charge in [0.25, 0.3) is 5.69 Å². The Morgan fingerprint density at radius 3 is 2.53 bits per heavy atom. The van der Waals surface area contributed by atoms with Gasteiger partial charge in [-0.25, -0.2) is 4.79 Å². The van der Waals surface area contributed by atoms with Crippen LogP contribution in [0, 0.1) is 17.0 Å². The summed E-state index contributed by atoms with van der Waals surface area (Å²) >= 11 is 5.84. The van der Waals surface area contributed by atoms with Gasteiger partial charge in [0.15, 0.2) is 0 Å². The van der Waals surface area contributed by atoms with Gasteiger partial charge in [0, 0.05) is 11.1 Å². The molecule has 0 aromatic heterocycles. The van der Waals surface area contributed by atoms with E-state index in [0.717, 1.165) is 0 Å². The van der Waals surface area contributed by atoms with Crippen molar-refractivity contribution in [2.24, 2.45) is 0 Å². The number of carbonyl (C=O) groups excluding carboxylic acids is 1. The Balaban J connectivity index is 3.33. The van der Waals surface area contributed by atoms with Gasteiger partial charge in [0.05, 0.1) is 11.0 Å². The minimum Gasteiger partial charge on any atom is -0.459 e. The van der Waals surface area contributed by atoms with Crippen LogP contribution in [0.1, 0.15) is 29.8 Å². The molecule has 0 N–H and O–H groups in total. The van der Waals surface area contributed by atoms with E-state index in [2.05, 4.69) is 0 Å². The molecule has 6 heteroatoms. The lowest BCUT2D eigenvalue weighted by atomic mass is 10.1. The normalized spacial score (nSPS) is 10.4. The maximum absolute atomic E-state index is 11.8. The van der Waals surface area contributed by atoms with Gasteiger partial charge in [-0.05, 0) is 32.4 Å². The van der Waals surface area contributed by atoms with Crippen LogP contribution in [-0.2, 0) is 4.74 Å². The first-order valence-electron chi connectivity index (χ1n) is 4.99. The maximum Gasteiger partial charge on any atom is 0.345 e. The van der Waals surface area contributed by atoms with E-state index in [9.17, 15) is 14.9 Å². The molecule has 0 saturated carbocycles. The zero-order valence-corrected chi connectivity index (χ0v) is 10.4. The molecule has 1 aromatic rings. The van der Waals surface area contributed by atoms with Gasteiger partial charge in [0.2, 0.25) is 0 Å². The first-order chi connectivity index (χ1) is 7.84. The van der Waals surface area contributed by atoms with Crippen LogP contribution >= 0.6 is 11.6 Å². The number of benzene rings is 1. The lowest BCUT2D eigenvalue weighted by Gasteiger charge is -2.10. The summed E-state index contributed by atoms with van der Waals surface area (Å²) in [6.07, 6.45) is -0.347. The largest absolute Gasteiger partial charge is 0.459 e. The average molecular weight is 258 g/mol. The molecule has 0 spiro atoms. The summed E-state index contributed by atoms with van der Waals surface area (Å²) in [5.41, 5.74) is -0.0275. The van der Waals surface area contributed by atoms with Crippen molar-refractivity contribution in [1.82, 2.24) is 0 Å². The molecule has 0 unspecified atom stereocenters. The number of halogens is 1. The van der Waals surface area contributed by atoms with Gasteiger partial charge in [-0.15, -0.1) is 0 Å². The number of rotatable bonds is 3. The third kappa shape index (κ3) is 2.94. The van der Waals surface area contributed by atoms with Crippen molar-refractivity contribution in [3.63, 3.8) is 0 Å². The molecular formula is C11H12ClNO4. The summed E-state index contributed by atoms with van der Waals surface area (Å²) in [6.45, 7) is 4.89. The molecule has 92 valence electrons. The van der Waals surface area contributed by atoms with Crippen molar-refractivity contribution in [2.75, 3.05) is 0 Å². The predicted molar refractivity (Wildman–Crippen MR) is 63.4 cm³/mol. The highest BCUT2D eigenvalue weighted by atomic mass is 35.5. The van der Waals surface area contributed by atoms with Crippen molar-refractivity contribution in [1.29, 1.82) is 0 Å². The van der Waals surface area contributed by atoms with E-state index in [1.807, 2.05) is 0 Å². The van der Waals surface area contributed by atoms with Crippen molar-refractivity contribution in [3.8, 4) is 0 Å². The average Bonchev–Trinajstić information content (AvgIpc) is 2.20. The number of esters is 1. The quantitative estimate of drug-likeness (QED) is 0.474. The summed E-state index contributed by atoms with van der Waals surface area (Å²) in [5.74, 6) is -0.730. The van der Waals surface area contributed by atoms with Crippen LogP contribution in [0.2, 0.25) is 5.02 Å². The van der Waals surface area contributed by atoms with Crippen molar-refractivity contribution >= 4 is 23.3 Å². The highest BCUT2D eigenvalue weighted by Crippen LogP contribution is 2.28. The first-order valence-corrected chi connectivity index (χ1v) is 5.37. The molecule has 0 bridgehead atoms. The molecule has 1 aromatic carbocycles. The highest BCUT2D eigenvalue weighted by Gasteiger charge is 2.25. The van der Waals surface area contributed by atoms with E-state index in [-0.39, 0.29) is 17.4 Å². The first kappa shape index (κ1) is 13.4. The molecular weight excluding hydrogens is 246 g/mol. The second-order valence-electron chi connectivity index (χ2n) is 3.78. The fraction of sp³-hybridized carbons (Fsp3) is 0.364. The number of hydrogen-bond acceptors (Lipinski definition) is 4. The molecule has 17 heavy (non-hydrogen) atoms. The lowest BCUT2D eigenvalue weighted by Crippen LogP contribution is -2.15. The third-order valence-corrected chi connectivity index (χ3v) is 2.53. The van der Waals surface area contributed by atoms with Crippen LogP contribution < -0.4 is 0 Å². The predicted octanol–water partition coefficient (Wildman–Crippen LogP) is 3.12. The maximum atomic E-state index is 11.8. The van der Waals surface area contributed by atoms with E-state index in [0.29, 0.717) is 10.6 Å². The Morgan fingerprint density at radius 1 is 1.47 bits per heavy atom. The number of carbonyl (C=O) groups is 1. The van der Waals surface area contributed by atoms with Gasteiger partial charge in [0.1, 0.15) is 5.56 Å². The molecule has 0 aliphatic rings. The fourth-order valence-electron chi connectivity index (χ4n) is 1.35. The van der Waals surface area contributed by atoms with Crippen LogP contribution in [0.25, 0.3) is 0 Å². The number of nitrogens with zero attached hydrogens (tertiary/aromatic N) is 1. The smallest absolute Gasteiger partial charge is 0.345 e. The molecule has 0 heterocycles. The van der Waals surface area contributed by atoms with Crippen LogP contribution in [-0.4, -0.2) is 17.0 Å². The minimum absolute atomic E-state index is 0.0869. The van der Waals surface area contributed by atoms with Crippen LogP contribution in [0.5, 0.6) is 0 Å². The van der Waals surface area contributed by atoms with Gasteiger partial charge >= 0.3 is 5.97 Å². The van der Waals surface area contributed by atoms with Crippen LogP contribution in [0.3, 0.4) is 0 Å². The Labute approximate surface area is 103 Å². The van der Waals surface area contributed by atoms with Crippen molar-refractivity contribution in [3.05, 3.63) is 38.4 Å². The Kier molecular flexibility index (Phi) is 4.07. The van der Waals surface area contributed by atoms with E-state index >= 15 is 0 Å². The number of ether oxygens (including phenoxy) is 1.